The van der Waals surface area contributed by atoms with Crippen LogP contribution in [0.2, 0.25) is 0 Å². The van der Waals surface area contributed by atoms with Crippen LogP contribution in [0.3, 0.4) is 0 Å². The number of sulfonamides is 1. The Morgan fingerprint density at radius 1 is 0.913 bits per heavy atom. The van der Waals surface area contributed by atoms with Crippen molar-refractivity contribution in [2.45, 2.75) is 0 Å². The summed E-state index contributed by atoms with van der Waals surface area (Å²) in [6.45, 7) is 2.03. The van der Waals surface area contributed by atoms with Gasteiger partial charge in [0.15, 0.2) is 0 Å². The first-order chi connectivity index (χ1) is 11.1. The van der Waals surface area contributed by atoms with Crippen LogP contribution in [0, 0.1) is 0 Å². The fourth-order valence-electron chi connectivity index (χ4n) is 2.41. The van der Waals surface area contributed by atoms with Gasteiger partial charge in [0.05, 0.1) is 0 Å². The molecule has 0 aliphatic carbocycles. The molecule has 0 unspecified atom stereocenters. The molecular formula is C16H18N4O2S. The number of piperazine rings is 1. The van der Waals surface area contributed by atoms with Gasteiger partial charge in [0.25, 0.3) is 0 Å². The lowest BCUT2D eigenvalue weighted by molar-refractivity contribution is 0.387. The molecule has 1 fully saturated rings. The SMILES string of the molecule is O=S(=O)(/C=C/c1ccccc1)N1CCN(c2ncccn2)CC1. The van der Waals surface area contributed by atoms with E-state index in [0.717, 1.165) is 5.56 Å². The van der Waals surface area contributed by atoms with Crippen molar-refractivity contribution in [2.75, 3.05) is 31.1 Å². The van der Waals surface area contributed by atoms with E-state index in [1.807, 2.05) is 35.2 Å². The molecule has 1 aromatic carbocycles. The lowest BCUT2D eigenvalue weighted by Gasteiger charge is -2.33. The fourth-order valence-corrected chi connectivity index (χ4v) is 3.59. The number of anilines is 1. The molecule has 7 heteroatoms. The molecule has 1 aliphatic heterocycles. The highest BCUT2D eigenvalue weighted by Crippen LogP contribution is 2.14. The van der Waals surface area contributed by atoms with Crippen LogP contribution in [-0.2, 0) is 10.0 Å². The van der Waals surface area contributed by atoms with Crippen LogP contribution >= 0.6 is 0 Å². The summed E-state index contributed by atoms with van der Waals surface area (Å²) in [5.41, 5.74) is 0.868. The van der Waals surface area contributed by atoms with Gasteiger partial charge < -0.3 is 4.90 Å². The van der Waals surface area contributed by atoms with Crippen molar-refractivity contribution in [3.8, 4) is 0 Å². The van der Waals surface area contributed by atoms with E-state index in [1.165, 1.54) is 9.71 Å². The Kier molecular flexibility index (Phi) is 4.68. The monoisotopic (exact) mass is 330 g/mol. The lowest BCUT2D eigenvalue weighted by Crippen LogP contribution is -2.48. The molecule has 0 radical (unpaired) electrons. The zero-order chi connectivity index (χ0) is 16.1. The van der Waals surface area contributed by atoms with Gasteiger partial charge >= 0.3 is 0 Å². The molecule has 0 amide bonds. The van der Waals surface area contributed by atoms with Crippen molar-refractivity contribution in [3.05, 3.63) is 59.8 Å². The van der Waals surface area contributed by atoms with Crippen molar-refractivity contribution < 1.29 is 8.42 Å². The van der Waals surface area contributed by atoms with Gasteiger partial charge in [-0.05, 0) is 17.7 Å². The molecular weight excluding hydrogens is 312 g/mol. The van der Waals surface area contributed by atoms with Crippen LogP contribution in [0.4, 0.5) is 5.95 Å². The molecule has 6 nitrogen and oxygen atoms in total. The molecule has 23 heavy (non-hydrogen) atoms. The van der Waals surface area contributed by atoms with Gasteiger partial charge in [0, 0.05) is 44.0 Å². The van der Waals surface area contributed by atoms with E-state index >= 15 is 0 Å². The van der Waals surface area contributed by atoms with Crippen LogP contribution in [0.1, 0.15) is 5.56 Å². The molecule has 0 saturated carbocycles. The molecule has 1 saturated heterocycles. The maximum Gasteiger partial charge on any atom is 0.236 e. The third kappa shape index (κ3) is 3.94. The maximum absolute atomic E-state index is 12.4. The molecule has 2 heterocycles. The van der Waals surface area contributed by atoms with Crippen LogP contribution < -0.4 is 4.90 Å². The summed E-state index contributed by atoms with van der Waals surface area (Å²) in [6.07, 6.45) is 5.00. The van der Waals surface area contributed by atoms with E-state index in [-0.39, 0.29) is 0 Å². The summed E-state index contributed by atoms with van der Waals surface area (Å²) in [4.78, 5) is 10.4. The molecule has 3 rings (SSSR count). The first kappa shape index (κ1) is 15.6. The van der Waals surface area contributed by atoms with E-state index in [2.05, 4.69) is 9.97 Å². The molecule has 2 aromatic rings. The number of hydrogen-bond acceptors (Lipinski definition) is 5. The molecule has 1 aliphatic rings. The molecule has 0 atom stereocenters. The molecule has 0 spiro atoms. The van der Waals surface area contributed by atoms with E-state index in [4.69, 9.17) is 0 Å². The number of benzene rings is 1. The van der Waals surface area contributed by atoms with Gasteiger partial charge in [-0.25, -0.2) is 18.4 Å². The number of aromatic nitrogens is 2. The summed E-state index contributed by atoms with van der Waals surface area (Å²) < 4.78 is 26.3. The smallest absolute Gasteiger partial charge is 0.236 e. The standard InChI is InChI=1S/C16H18N4O2S/c21-23(22,14-7-15-5-2-1-3-6-15)20-12-10-19(11-13-20)16-17-8-4-9-18-16/h1-9,14H,10-13H2/b14-7+. The molecule has 1 aromatic heterocycles. The van der Waals surface area contributed by atoms with E-state index in [0.29, 0.717) is 32.1 Å². The summed E-state index contributed by atoms with van der Waals surface area (Å²) in [7, 11) is -3.40. The normalized spacial score (nSPS) is 16.8. The first-order valence-electron chi connectivity index (χ1n) is 7.40. The van der Waals surface area contributed by atoms with Gasteiger partial charge in [-0.15, -0.1) is 0 Å². The number of rotatable bonds is 4. The van der Waals surface area contributed by atoms with Gasteiger partial charge in [-0.3, -0.25) is 0 Å². The topological polar surface area (TPSA) is 66.4 Å². The highest BCUT2D eigenvalue weighted by Gasteiger charge is 2.25. The van der Waals surface area contributed by atoms with Gasteiger partial charge in [0.2, 0.25) is 16.0 Å². The summed E-state index contributed by atoms with van der Waals surface area (Å²) >= 11 is 0. The minimum absolute atomic E-state index is 0.430. The Morgan fingerprint density at radius 3 is 2.22 bits per heavy atom. The zero-order valence-corrected chi connectivity index (χ0v) is 13.4. The average molecular weight is 330 g/mol. The number of hydrogen-bond donors (Lipinski definition) is 0. The average Bonchev–Trinajstić information content (AvgIpc) is 2.62. The van der Waals surface area contributed by atoms with Crippen LogP contribution in [0.5, 0.6) is 0 Å². The van der Waals surface area contributed by atoms with Crippen molar-refractivity contribution in [1.29, 1.82) is 0 Å². The fraction of sp³-hybridized carbons (Fsp3) is 0.250. The highest BCUT2D eigenvalue weighted by atomic mass is 32.2. The zero-order valence-electron chi connectivity index (χ0n) is 12.6. The van der Waals surface area contributed by atoms with Crippen LogP contribution in [-0.4, -0.2) is 48.9 Å². The van der Waals surface area contributed by atoms with E-state index < -0.39 is 10.0 Å². The molecule has 0 bridgehead atoms. The minimum Gasteiger partial charge on any atom is -0.338 e. The van der Waals surface area contributed by atoms with Crippen molar-refractivity contribution in [1.82, 2.24) is 14.3 Å². The van der Waals surface area contributed by atoms with Crippen molar-refractivity contribution >= 4 is 22.0 Å². The number of nitrogens with zero attached hydrogens (tertiary/aromatic N) is 4. The summed E-state index contributed by atoms with van der Waals surface area (Å²) in [5.74, 6) is 0.643. The maximum atomic E-state index is 12.4. The Morgan fingerprint density at radius 2 is 1.57 bits per heavy atom. The Bertz CT molecular complexity index is 755. The Labute approximate surface area is 136 Å². The third-order valence-electron chi connectivity index (χ3n) is 3.67. The second kappa shape index (κ2) is 6.89. The summed E-state index contributed by atoms with van der Waals surface area (Å²) in [6, 6.07) is 11.2. The molecule has 120 valence electrons. The van der Waals surface area contributed by atoms with Gasteiger partial charge in [0.1, 0.15) is 0 Å². The minimum atomic E-state index is -3.40. The van der Waals surface area contributed by atoms with Gasteiger partial charge in [-0.1, -0.05) is 30.3 Å². The lowest BCUT2D eigenvalue weighted by atomic mass is 10.2. The largest absolute Gasteiger partial charge is 0.338 e. The summed E-state index contributed by atoms with van der Waals surface area (Å²) in [5, 5.41) is 1.27. The van der Waals surface area contributed by atoms with Crippen LogP contribution in [0.15, 0.2) is 54.2 Å². The Balaban J connectivity index is 1.63. The van der Waals surface area contributed by atoms with Gasteiger partial charge in [-0.2, -0.15) is 4.31 Å². The predicted molar refractivity (Wildman–Crippen MR) is 90.2 cm³/mol. The quantitative estimate of drug-likeness (QED) is 0.852. The third-order valence-corrected chi connectivity index (χ3v) is 5.23. The Hall–Kier alpha value is -2.25. The van der Waals surface area contributed by atoms with E-state index in [9.17, 15) is 8.42 Å². The highest BCUT2D eigenvalue weighted by molar-refractivity contribution is 7.92. The first-order valence-corrected chi connectivity index (χ1v) is 8.91. The van der Waals surface area contributed by atoms with Crippen LogP contribution in [0.25, 0.3) is 6.08 Å². The van der Waals surface area contributed by atoms with E-state index in [1.54, 1.807) is 24.5 Å². The predicted octanol–water partition coefficient (Wildman–Crippen LogP) is 1.60. The van der Waals surface area contributed by atoms with Crippen molar-refractivity contribution in [3.63, 3.8) is 0 Å². The second-order valence-corrected chi connectivity index (χ2v) is 7.01. The molecule has 0 N–H and O–H groups in total. The second-order valence-electron chi connectivity index (χ2n) is 5.19. The van der Waals surface area contributed by atoms with Crippen molar-refractivity contribution in [2.24, 2.45) is 0 Å².